The molecule has 0 aromatic heterocycles. The molecule has 0 aliphatic carbocycles. The van der Waals surface area contributed by atoms with Gasteiger partial charge >= 0.3 is 0 Å². The molecular formula is C14H14ClNO2. The van der Waals surface area contributed by atoms with Crippen molar-refractivity contribution in [2.24, 2.45) is 0 Å². The first kappa shape index (κ1) is 12.6. The van der Waals surface area contributed by atoms with Crippen LogP contribution in [0.5, 0.6) is 11.5 Å². The fraction of sp³-hybridized carbons (Fsp3) is 0.143. The molecule has 18 heavy (non-hydrogen) atoms. The van der Waals surface area contributed by atoms with Crippen molar-refractivity contribution in [3.8, 4) is 11.5 Å². The zero-order valence-electron chi connectivity index (χ0n) is 9.94. The molecule has 0 bridgehead atoms. The van der Waals surface area contributed by atoms with Crippen LogP contribution in [0.25, 0.3) is 0 Å². The van der Waals surface area contributed by atoms with Crippen LogP contribution in [0.1, 0.15) is 11.1 Å². The largest absolute Gasteiger partial charge is 0.504 e. The Morgan fingerprint density at radius 3 is 2.56 bits per heavy atom. The maximum atomic E-state index is 9.69. The summed E-state index contributed by atoms with van der Waals surface area (Å²) in [6.07, 6.45) is 0. The van der Waals surface area contributed by atoms with Crippen LogP contribution < -0.4 is 5.32 Å². The third-order valence-corrected chi connectivity index (χ3v) is 3.09. The van der Waals surface area contributed by atoms with Gasteiger partial charge in [-0.25, -0.2) is 0 Å². The Kier molecular flexibility index (Phi) is 3.63. The Labute approximate surface area is 111 Å². The van der Waals surface area contributed by atoms with E-state index in [1.54, 1.807) is 18.2 Å². The molecule has 2 rings (SSSR count). The Balaban J connectivity index is 2.19. The minimum Gasteiger partial charge on any atom is -0.504 e. The number of hydrogen-bond acceptors (Lipinski definition) is 3. The molecule has 0 aliphatic heterocycles. The number of benzene rings is 2. The first-order valence-electron chi connectivity index (χ1n) is 5.58. The average Bonchev–Trinajstić information content (AvgIpc) is 2.33. The van der Waals surface area contributed by atoms with Crippen molar-refractivity contribution in [1.82, 2.24) is 0 Å². The lowest BCUT2D eigenvalue weighted by Crippen LogP contribution is -2.02. The molecular weight excluding hydrogens is 250 g/mol. The van der Waals surface area contributed by atoms with Crippen LogP contribution in [0.4, 0.5) is 5.69 Å². The summed E-state index contributed by atoms with van der Waals surface area (Å²) in [5.41, 5.74) is 2.48. The van der Waals surface area contributed by atoms with E-state index in [-0.39, 0.29) is 11.5 Å². The Hall–Kier alpha value is -1.87. The normalized spacial score (nSPS) is 10.3. The fourth-order valence-corrected chi connectivity index (χ4v) is 2.05. The van der Waals surface area contributed by atoms with Gasteiger partial charge in [-0.1, -0.05) is 35.9 Å². The Morgan fingerprint density at radius 1 is 1.11 bits per heavy atom. The van der Waals surface area contributed by atoms with E-state index in [9.17, 15) is 10.2 Å². The molecule has 0 heterocycles. The molecule has 3 N–H and O–H groups in total. The summed E-state index contributed by atoms with van der Waals surface area (Å²) in [5, 5.41) is 22.9. The first-order chi connectivity index (χ1) is 8.59. The third-order valence-electron chi connectivity index (χ3n) is 2.78. The third kappa shape index (κ3) is 2.51. The highest BCUT2D eigenvalue weighted by molar-refractivity contribution is 6.33. The molecule has 2 aromatic carbocycles. The number of phenolic OH excluding ortho intramolecular Hbond substituents is 2. The van der Waals surface area contributed by atoms with E-state index < -0.39 is 0 Å². The molecule has 0 spiro atoms. The highest BCUT2D eigenvalue weighted by atomic mass is 35.5. The van der Waals surface area contributed by atoms with E-state index in [1.807, 2.05) is 19.1 Å². The first-order valence-corrected chi connectivity index (χ1v) is 5.96. The SMILES string of the molecule is Cc1cccc(Cl)c1NCc1cccc(O)c1O. The molecule has 0 fully saturated rings. The van der Waals surface area contributed by atoms with Crippen molar-refractivity contribution in [2.75, 3.05) is 5.32 Å². The topological polar surface area (TPSA) is 52.5 Å². The molecule has 0 unspecified atom stereocenters. The average molecular weight is 264 g/mol. The van der Waals surface area contributed by atoms with Gasteiger partial charge in [-0.3, -0.25) is 0 Å². The molecule has 94 valence electrons. The van der Waals surface area contributed by atoms with Crippen LogP contribution in [0.2, 0.25) is 5.02 Å². The molecule has 3 nitrogen and oxygen atoms in total. The van der Waals surface area contributed by atoms with Gasteiger partial charge in [0, 0.05) is 12.1 Å². The lowest BCUT2D eigenvalue weighted by atomic mass is 10.1. The predicted molar refractivity (Wildman–Crippen MR) is 73.3 cm³/mol. The number of hydrogen-bond donors (Lipinski definition) is 3. The van der Waals surface area contributed by atoms with E-state index in [4.69, 9.17) is 11.6 Å². The van der Waals surface area contributed by atoms with Crippen molar-refractivity contribution in [2.45, 2.75) is 13.5 Å². The molecule has 0 saturated carbocycles. The summed E-state index contributed by atoms with van der Waals surface area (Å²) >= 11 is 6.09. The number of anilines is 1. The van der Waals surface area contributed by atoms with Crippen molar-refractivity contribution in [3.63, 3.8) is 0 Å². The molecule has 0 aliphatic rings. The van der Waals surface area contributed by atoms with Gasteiger partial charge in [0.05, 0.1) is 10.7 Å². The lowest BCUT2D eigenvalue weighted by Gasteiger charge is -2.12. The highest BCUT2D eigenvalue weighted by Crippen LogP contribution is 2.30. The second kappa shape index (κ2) is 5.19. The number of para-hydroxylation sites is 2. The summed E-state index contributed by atoms with van der Waals surface area (Å²) in [6, 6.07) is 10.5. The molecule has 0 saturated heterocycles. The zero-order valence-corrected chi connectivity index (χ0v) is 10.7. The van der Waals surface area contributed by atoms with E-state index in [0.717, 1.165) is 11.3 Å². The molecule has 0 radical (unpaired) electrons. The number of nitrogens with one attached hydrogen (secondary N) is 1. The summed E-state index contributed by atoms with van der Waals surface area (Å²) in [5.74, 6) is -0.222. The number of aryl methyl sites for hydroxylation is 1. The van der Waals surface area contributed by atoms with Gasteiger partial charge in [0.25, 0.3) is 0 Å². The van der Waals surface area contributed by atoms with Crippen LogP contribution >= 0.6 is 11.6 Å². The van der Waals surface area contributed by atoms with Gasteiger partial charge in [0.1, 0.15) is 0 Å². The van der Waals surface area contributed by atoms with Gasteiger partial charge in [-0.2, -0.15) is 0 Å². The number of halogens is 1. The summed E-state index contributed by atoms with van der Waals surface area (Å²) in [7, 11) is 0. The van der Waals surface area contributed by atoms with Gasteiger partial charge in [0.15, 0.2) is 11.5 Å². The summed E-state index contributed by atoms with van der Waals surface area (Å²) < 4.78 is 0. The van der Waals surface area contributed by atoms with Gasteiger partial charge in [0.2, 0.25) is 0 Å². The van der Waals surface area contributed by atoms with Crippen LogP contribution in [0.3, 0.4) is 0 Å². The predicted octanol–water partition coefficient (Wildman–Crippen LogP) is 3.67. The van der Waals surface area contributed by atoms with Crippen molar-refractivity contribution in [3.05, 3.63) is 52.5 Å². The van der Waals surface area contributed by atoms with Crippen molar-refractivity contribution >= 4 is 17.3 Å². The minimum absolute atomic E-state index is 0.102. The van der Waals surface area contributed by atoms with Gasteiger partial charge in [-0.15, -0.1) is 0 Å². The summed E-state index contributed by atoms with van der Waals surface area (Å²) in [4.78, 5) is 0. The van der Waals surface area contributed by atoms with E-state index in [0.29, 0.717) is 17.1 Å². The van der Waals surface area contributed by atoms with Crippen LogP contribution in [-0.2, 0) is 6.54 Å². The Bertz CT molecular complexity index is 549. The minimum atomic E-state index is -0.120. The monoisotopic (exact) mass is 263 g/mol. The smallest absolute Gasteiger partial charge is 0.162 e. The number of aromatic hydroxyl groups is 2. The van der Waals surface area contributed by atoms with Crippen molar-refractivity contribution in [1.29, 1.82) is 0 Å². The standard InChI is InChI=1S/C14H14ClNO2/c1-9-4-2-6-11(15)13(9)16-8-10-5-3-7-12(17)14(10)18/h2-7,16-18H,8H2,1H3. The van der Waals surface area contributed by atoms with E-state index in [1.165, 1.54) is 6.07 Å². The van der Waals surface area contributed by atoms with E-state index in [2.05, 4.69) is 5.32 Å². The van der Waals surface area contributed by atoms with Gasteiger partial charge < -0.3 is 15.5 Å². The maximum absolute atomic E-state index is 9.69. The van der Waals surface area contributed by atoms with Crippen LogP contribution in [0.15, 0.2) is 36.4 Å². The fourth-order valence-electron chi connectivity index (χ4n) is 1.76. The molecule has 0 atom stereocenters. The van der Waals surface area contributed by atoms with Crippen LogP contribution in [0, 0.1) is 6.92 Å². The summed E-state index contributed by atoms with van der Waals surface area (Å²) in [6.45, 7) is 2.35. The lowest BCUT2D eigenvalue weighted by molar-refractivity contribution is 0.400. The molecule has 2 aromatic rings. The van der Waals surface area contributed by atoms with Gasteiger partial charge in [-0.05, 0) is 24.6 Å². The van der Waals surface area contributed by atoms with Crippen LogP contribution in [-0.4, -0.2) is 10.2 Å². The maximum Gasteiger partial charge on any atom is 0.162 e. The number of rotatable bonds is 3. The Morgan fingerprint density at radius 2 is 1.83 bits per heavy atom. The molecule has 0 amide bonds. The highest BCUT2D eigenvalue weighted by Gasteiger charge is 2.07. The number of phenols is 2. The van der Waals surface area contributed by atoms with E-state index >= 15 is 0 Å². The second-order valence-corrected chi connectivity index (χ2v) is 4.48. The van der Waals surface area contributed by atoms with Crippen molar-refractivity contribution < 1.29 is 10.2 Å². The second-order valence-electron chi connectivity index (χ2n) is 4.07. The quantitative estimate of drug-likeness (QED) is 0.741. The molecule has 4 heteroatoms. The zero-order chi connectivity index (χ0) is 13.1.